The maximum atomic E-state index is 13.1. The van der Waals surface area contributed by atoms with E-state index in [1.807, 2.05) is 18.2 Å². The maximum absolute atomic E-state index is 13.1. The Hall–Kier alpha value is -1.42. The number of fused-ring (bicyclic) bond motifs is 1. The number of carbonyl (C=O) groups is 1. The highest BCUT2D eigenvalue weighted by molar-refractivity contribution is 5.93. The van der Waals surface area contributed by atoms with Gasteiger partial charge in [-0.25, -0.2) is 0 Å². The van der Waals surface area contributed by atoms with Crippen molar-refractivity contribution in [2.24, 2.45) is 5.41 Å². The first kappa shape index (κ1) is 14.2. The largest absolute Gasteiger partial charge is 0.329 e. The van der Waals surface area contributed by atoms with E-state index >= 15 is 0 Å². The van der Waals surface area contributed by atoms with Crippen molar-refractivity contribution in [3.8, 4) is 0 Å². The molecule has 0 spiro atoms. The summed E-state index contributed by atoms with van der Waals surface area (Å²) in [5.41, 5.74) is 0.848. The van der Waals surface area contributed by atoms with Crippen LogP contribution in [0.15, 0.2) is 24.4 Å². The summed E-state index contributed by atoms with van der Waals surface area (Å²) in [6.45, 7) is 3.43. The second kappa shape index (κ2) is 5.05. The molecule has 4 heteroatoms. The van der Waals surface area contributed by atoms with Gasteiger partial charge in [0.05, 0.1) is 0 Å². The van der Waals surface area contributed by atoms with E-state index in [9.17, 15) is 4.79 Å². The molecule has 4 atom stereocenters. The number of piperidine rings is 1. The minimum absolute atomic E-state index is 0.135. The molecule has 4 rings (SSSR count). The van der Waals surface area contributed by atoms with E-state index in [1.54, 1.807) is 6.20 Å². The van der Waals surface area contributed by atoms with Crippen molar-refractivity contribution in [1.29, 1.82) is 0 Å². The van der Waals surface area contributed by atoms with Crippen LogP contribution < -0.4 is 0 Å². The van der Waals surface area contributed by atoms with Crippen LogP contribution >= 0.6 is 0 Å². The zero-order valence-corrected chi connectivity index (χ0v) is 13.5. The normalized spacial score (nSPS) is 37.9. The second-order valence-corrected chi connectivity index (χ2v) is 7.55. The molecule has 1 aliphatic carbocycles. The van der Waals surface area contributed by atoms with Gasteiger partial charge in [0.25, 0.3) is 5.91 Å². The summed E-state index contributed by atoms with van der Waals surface area (Å²) in [6.07, 6.45) is 7.84. The Bertz CT molecular complexity index is 575. The van der Waals surface area contributed by atoms with Gasteiger partial charge in [-0.3, -0.25) is 9.78 Å². The number of amides is 1. The highest BCUT2D eigenvalue weighted by atomic mass is 16.2. The number of hydrogen-bond acceptors (Lipinski definition) is 3. The van der Waals surface area contributed by atoms with Crippen LogP contribution in [-0.2, 0) is 0 Å². The average molecular weight is 299 g/mol. The van der Waals surface area contributed by atoms with Crippen molar-refractivity contribution in [3.05, 3.63) is 30.1 Å². The molecule has 0 radical (unpaired) electrons. The number of pyridine rings is 1. The molecule has 2 aliphatic heterocycles. The Morgan fingerprint density at radius 2 is 2.05 bits per heavy atom. The van der Waals surface area contributed by atoms with Gasteiger partial charge < -0.3 is 9.80 Å². The lowest BCUT2D eigenvalue weighted by Crippen LogP contribution is -2.51. The van der Waals surface area contributed by atoms with Crippen LogP contribution in [0.25, 0.3) is 0 Å². The van der Waals surface area contributed by atoms with Crippen LogP contribution in [-0.4, -0.2) is 52.4 Å². The molecule has 1 aromatic rings. The molecule has 3 heterocycles. The van der Waals surface area contributed by atoms with Gasteiger partial charge in [0.1, 0.15) is 5.69 Å². The van der Waals surface area contributed by atoms with Gasteiger partial charge in [-0.15, -0.1) is 0 Å². The Kier molecular flexibility index (Phi) is 3.26. The maximum Gasteiger partial charge on any atom is 0.273 e. The minimum Gasteiger partial charge on any atom is -0.329 e. The number of carbonyl (C=O) groups excluding carboxylic acids is 1. The fourth-order valence-corrected chi connectivity index (χ4v) is 5.41. The smallest absolute Gasteiger partial charge is 0.273 e. The van der Waals surface area contributed by atoms with Gasteiger partial charge >= 0.3 is 0 Å². The highest BCUT2D eigenvalue weighted by Crippen LogP contribution is 2.53. The third-order valence-corrected chi connectivity index (χ3v) is 6.28. The minimum atomic E-state index is 0.135. The van der Waals surface area contributed by atoms with Gasteiger partial charge in [0.15, 0.2) is 0 Å². The van der Waals surface area contributed by atoms with E-state index in [0.29, 0.717) is 23.8 Å². The molecule has 0 unspecified atom stereocenters. The van der Waals surface area contributed by atoms with Crippen LogP contribution in [0.3, 0.4) is 0 Å². The first-order valence-electron chi connectivity index (χ1n) is 8.55. The van der Waals surface area contributed by atoms with E-state index in [0.717, 1.165) is 19.4 Å². The van der Waals surface area contributed by atoms with Crippen LogP contribution in [0.5, 0.6) is 0 Å². The molecule has 0 N–H and O–H groups in total. The SMILES string of the molecule is CN1C[C@@H]2C[C@@]3(C)[C@H](CCCC[C@@H]13)N2C(=O)c1ccccn1. The van der Waals surface area contributed by atoms with E-state index in [4.69, 9.17) is 0 Å². The number of hydrogen-bond donors (Lipinski definition) is 0. The monoisotopic (exact) mass is 299 g/mol. The molecule has 22 heavy (non-hydrogen) atoms. The molecule has 2 bridgehead atoms. The Balaban J connectivity index is 1.73. The van der Waals surface area contributed by atoms with Crippen molar-refractivity contribution in [1.82, 2.24) is 14.8 Å². The molecule has 118 valence electrons. The molecule has 0 aromatic carbocycles. The summed E-state index contributed by atoms with van der Waals surface area (Å²) in [7, 11) is 2.24. The zero-order valence-electron chi connectivity index (χ0n) is 13.5. The Morgan fingerprint density at radius 1 is 1.27 bits per heavy atom. The van der Waals surface area contributed by atoms with Crippen LogP contribution in [0.4, 0.5) is 0 Å². The molecule has 2 saturated heterocycles. The van der Waals surface area contributed by atoms with Crippen LogP contribution in [0.1, 0.15) is 49.5 Å². The van der Waals surface area contributed by atoms with Gasteiger partial charge in [-0.1, -0.05) is 25.8 Å². The molecule has 1 amide bonds. The lowest BCUT2D eigenvalue weighted by atomic mass is 9.71. The molecule has 1 saturated carbocycles. The number of nitrogens with zero attached hydrogens (tertiary/aromatic N) is 3. The van der Waals surface area contributed by atoms with Crippen molar-refractivity contribution >= 4 is 5.91 Å². The van der Waals surface area contributed by atoms with Crippen LogP contribution in [0.2, 0.25) is 0 Å². The lowest BCUT2D eigenvalue weighted by Gasteiger charge is -2.44. The Morgan fingerprint density at radius 3 is 2.77 bits per heavy atom. The summed E-state index contributed by atoms with van der Waals surface area (Å²) in [5, 5.41) is 0. The van der Waals surface area contributed by atoms with Crippen molar-refractivity contribution in [3.63, 3.8) is 0 Å². The quantitative estimate of drug-likeness (QED) is 0.799. The van der Waals surface area contributed by atoms with Crippen molar-refractivity contribution in [2.75, 3.05) is 13.6 Å². The number of rotatable bonds is 1. The van der Waals surface area contributed by atoms with E-state index in [2.05, 4.69) is 28.8 Å². The molecular weight excluding hydrogens is 274 g/mol. The number of likely N-dealkylation sites (N-methyl/N-ethyl adjacent to an activating group) is 1. The predicted octanol–water partition coefficient (Wildman–Crippen LogP) is 2.56. The number of likely N-dealkylation sites (tertiary alicyclic amines) is 2. The van der Waals surface area contributed by atoms with Crippen LogP contribution in [0, 0.1) is 5.41 Å². The summed E-state index contributed by atoms with van der Waals surface area (Å²) in [5.74, 6) is 0.135. The molecule has 4 nitrogen and oxygen atoms in total. The second-order valence-electron chi connectivity index (χ2n) is 7.55. The lowest BCUT2D eigenvalue weighted by molar-refractivity contribution is 0.0576. The van der Waals surface area contributed by atoms with Gasteiger partial charge in [-0.05, 0) is 38.4 Å². The predicted molar refractivity (Wildman–Crippen MR) is 85.6 cm³/mol. The van der Waals surface area contributed by atoms with Gasteiger partial charge in [-0.2, -0.15) is 0 Å². The van der Waals surface area contributed by atoms with Crippen molar-refractivity contribution in [2.45, 2.75) is 57.2 Å². The Labute approximate surface area is 132 Å². The standard InChI is InChI=1S/C18H25N3O/c1-18-11-13-12-20(2)15(18)8-3-4-9-16(18)21(13)17(22)14-7-5-6-10-19-14/h5-7,10,13,15-16H,3-4,8-9,11-12H2,1-2H3/t13-,15+,16-,18+/m0/s1. The number of aromatic nitrogens is 1. The summed E-state index contributed by atoms with van der Waals surface area (Å²) < 4.78 is 0. The highest BCUT2D eigenvalue weighted by Gasteiger charge is 2.59. The topological polar surface area (TPSA) is 36.4 Å². The van der Waals surface area contributed by atoms with Crippen molar-refractivity contribution < 1.29 is 4.79 Å². The van der Waals surface area contributed by atoms with E-state index in [-0.39, 0.29) is 11.3 Å². The fraction of sp³-hybridized carbons (Fsp3) is 0.667. The average Bonchev–Trinajstić information content (AvgIpc) is 2.64. The third kappa shape index (κ3) is 1.93. The first-order valence-corrected chi connectivity index (χ1v) is 8.55. The zero-order chi connectivity index (χ0) is 15.3. The molecular formula is C18H25N3O. The van der Waals surface area contributed by atoms with Gasteiger partial charge in [0, 0.05) is 36.3 Å². The molecule has 3 aliphatic rings. The molecule has 3 fully saturated rings. The summed E-state index contributed by atoms with van der Waals surface area (Å²) >= 11 is 0. The summed E-state index contributed by atoms with van der Waals surface area (Å²) in [6, 6.07) is 6.98. The van der Waals surface area contributed by atoms with Gasteiger partial charge in [0.2, 0.25) is 0 Å². The summed E-state index contributed by atoms with van der Waals surface area (Å²) in [4.78, 5) is 22.1. The first-order chi connectivity index (χ1) is 10.6. The third-order valence-electron chi connectivity index (χ3n) is 6.28. The van der Waals surface area contributed by atoms with E-state index < -0.39 is 0 Å². The molecule has 1 aromatic heterocycles. The fourth-order valence-electron chi connectivity index (χ4n) is 5.41. The van der Waals surface area contributed by atoms with E-state index in [1.165, 1.54) is 19.3 Å².